The number of carbonyl (C=O) groups excluding carboxylic acids is 2. The van der Waals surface area contributed by atoms with Gasteiger partial charge in [-0.15, -0.1) is 0 Å². The Bertz CT molecular complexity index is 888. The number of anilines is 1. The van der Waals surface area contributed by atoms with Crippen LogP contribution < -0.4 is 15.4 Å². The SMILES string of the molecule is CC[C@H]1CN(C(=O)Nc2cccc(OC)c2)CC[C@H]1CC(=O)NCc1ccc(F)cc1. The average molecular weight is 428 g/mol. The highest BCUT2D eigenvalue weighted by atomic mass is 19.1. The van der Waals surface area contributed by atoms with Gasteiger partial charge in [-0.05, 0) is 48.1 Å². The minimum atomic E-state index is -0.289. The van der Waals surface area contributed by atoms with Gasteiger partial charge >= 0.3 is 6.03 Å². The first-order chi connectivity index (χ1) is 15.0. The zero-order chi connectivity index (χ0) is 22.2. The smallest absolute Gasteiger partial charge is 0.321 e. The first-order valence-corrected chi connectivity index (χ1v) is 10.7. The van der Waals surface area contributed by atoms with E-state index in [9.17, 15) is 14.0 Å². The first-order valence-electron chi connectivity index (χ1n) is 10.7. The molecule has 0 aromatic heterocycles. The van der Waals surface area contributed by atoms with Crippen molar-refractivity contribution >= 4 is 17.6 Å². The van der Waals surface area contributed by atoms with E-state index < -0.39 is 0 Å². The number of methoxy groups -OCH3 is 1. The molecule has 0 spiro atoms. The van der Waals surface area contributed by atoms with Crippen LogP contribution in [-0.4, -0.2) is 37.0 Å². The molecule has 1 saturated heterocycles. The number of urea groups is 1. The second-order valence-electron chi connectivity index (χ2n) is 7.93. The Morgan fingerprint density at radius 3 is 2.65 bits per heavy atom. The summed E-state index contributed by atoms with van der Waals surface area (Å²) in [6.45, 7) is 3.72. The van der Waals surface area contributed by atoms with Crippen LogP contribution in [0.15, 0.2) is 48.5 Å². The van der Waals surface area contributed by atoms with Crippen LogP contribution >= 0.6 is 0 Å². The molecular formula is C24H30FN3O3. The van der Waals surface area contributed by atoms with E-state index in [1.807, 2.05) is 23.1 Å². The van der Waals surface area contributed by atoms with Crippen LogP contribution in [0.25, 0.3) is 0 Å². The Labute approximate surface area is 182 Å². The number of carbonyl (C=O) groups is 2. The van der Waals surface area contributed by atoms with Crippen molar-refractivity contribution in [3.63, 3.8) is 0 Å². The summed E-state index contributed by atoms with van der Waals surface area (Å²) in [6, 6.07) is 13.3. The molecule has 6 nitrogen and oxygen atoms in total. The minimum Gasteiger partial charge on any atom is -0.497 e. The topological polar surface area (TPSA) is 70.7 Å². The average Bonchev–Trinajstić information content (AvgIpc) is 2.79. The van der Waals surface area contributed by atoms with Gasteiger partial charge in [-0.1, -0.05) is 31.5 Å². The summed E-state index contributed by atoms with van der Waals surface area (Å²) >= 11 is 0. The van der Waals surface area contributed by atoms with E-state index in [1.165, 1.54) is 12.1 Å². The number of benzene rings is 2. The third kappa shape index (κ3) is 6.44. The Kier molecular flexibility index (Phi) is 7.87. The van der Waals surface area contributed by atoms with Gasteiger partial charge in [0, 0.05) is 37.8 Å². The van der Waals surface area contributed by atoms with Crippen LogP contribution in [-0.2, 0) is 11.3 Å². The number of rotatable bonds is 7. The highest BCUT2D eigenvalue weighted by molar-refractivity contribution is 5.89. The number of piperidine rings is 1. The molecule has 166 valence electrons. The van der Waals surface area contributed by atoms with Crippen LogP contribution in [0.1, 0.15) is 31.7 Å². The molecule has 0 radical (unpaired) electrons. The summed E-state index contributed by atoms with van der Waals surface area (Å²) in [5.74, 6) is 0.889. The summed E-state index contributed by atoms with van der Waals surface area (Å²) in [7, 11) is 1.59. The largest absolute Gasteiger partial charge is 0.497 e. The zero-order valence-corrected chi connectivity index (χ0v) is 18.1. The van der Waals surface area contributed by atoms with E-state index in [2.05, 4.69) is 17.6 Å². The first kappa shape index (κ1) is 22.6. The molecule has 3 rings (SSSR count). The predicted octanol–water partition coefficient (Wildman–Crippen LogP) is 4.42. The summed E-state index contributed by atoms with van der Waals surface area (Å²) in [5, 5.41) is 5.85. The van der Waals surface area contributed by atoms with E-state index in [-0.39, 0.29) is 29.6 Å². The molecule has 0 bridgehead atoms. The number of hydrogen-bond donors (Lipinski definition) is 2. The fraction of sp³-hybridized carbons (Fsp3) is 0.417. The van der Waals surface area contributed by atoms with E-state index in [0.29, 0.717) is 37.5 Å². The summed E-state index contributed by atoms with van der Waals surface area (Å²) < 4.78 is 18.2. The van der Waals surface area contributed by atoms with Crippen molar-refractivity contribution in [3.05, 3.63) is 59.9 Å². The second-order valence-corrected chi connectivity index (χ2v) is 7.93. The van der Waals surface area contributed by atoms with Gasteiger partial charge in [0.15, 0.2) is 0 Å². The minimum absolute atomic E-state index is 0.0120. The summed E-state index contributed by atoms with van der Waals surface area (Å²) in [6.07, 6.45) is 2.12. The molecular weight excluding hydrogens is 397 g/mol. The maximum absolute atomic E-state index is 13.0. The number of amides is 3. The number of likely N-dealkylation sites (tertiary alicyclic amines) is 1. The standard InChI is InChI=1S/C24H30FN3O3/c1-3-18-16-28(24(30)27-21-5-4-6-22(14-21)31-2)12-11-19(18)13-23(29)26-15-17-7-9-20(25)10-8-17/h4-10,14,18-19H,3,11-13,15-16H2,1-2H3,(H,26,29)(H,27,30)/t18-,19-/m0/s1. The van der Waals surface area contributed by atoms with Crippen molar-refractivity contribution in [1.82, 2.24) is 10.2 Å². The molecule has 31 heavy (non-hydrogen) atoms. The van der Waals surface area contributed by atoms with Gasteiger partial charge in [-0.3, -0.25) is 4.79 Å². The second kappa shape index (κ2) is 10.8. The van der Waals surface area contributed by atoms with Gasteiger partial charge in [0.25, 0.3) is 0 Å². The Morgan fingerprint density at radius 2 is 1.94 bits per heavy atom. The summed E-state index contributed by atoms with van der Waals surface area (Å²) in [4.78, 5) is 27.0. The van der Waals surface area contributed by atoms with Crippen LogP contribution in [0.3, 0.4) is 0 Å². The molecule has 3 amide bonds. The van der Waals surface area contributed by atoms with E-state index >= 15 is 0 Å². The van der Waals surface area contributed by atoms with Crippen molar-refractivity contribution in [1.29, 1.82) is 0 Å². The number of nitrogens with one attached hydrogen (secondary N) is 2. The highest BCUT2D eigenvalue weighted by Crippen LogP contribution is 2.29. The number of hydrogen-bond acceptors (Lipinski definition) is 3. The molecule has 7 heteroatoms. The van der Waals surface area contributed by atoms with Crippen molar-refractivity contribution < 1.29 is 18.7 Å². The van der Waals surface area contributed by atoms with Crippen LogP contribution in [0.4, 0.5) is 14.9 Å². The molecule has 1 aliphatic rings. The lowest BCUT2D eigenvalue weighted by Crippen LogP contribution is -2.46. The molecule has 0 saturated carbocycles. The Balaban J connectivity index is 1.49. The lowest BCUT2D eigenvalue weighted by Gasteiger charge is -2.38. The van der Waals surface area contributed by atoms with E-state index in [1.54, 1.807) is 25.3 Å². The predicted molar refractivity (Wildman–Crippen MR) is 118 cm³/mol. The van der Waals surface area contributed by atoms with Crippen molar-refractivity contribution in [3.8, 4) is 5.75 Å². The maximum Gasteiger partial charge on any atom is 0.321 e. The van der Waals surface area contributed by atoms with E-state index in [4.69, 9.17) is 4.74 Å². The molecule has 0 aliphatic carbocycles. The van der Waals surface area contributed by atoms with Crippen molar-refractivity contribution in [2.75, 3.05) is 25.5 Å². The lowest BCUT2D eigenvalue weighted by molar-refractivity contribution is -0.123. The molecule has 0 unspecified atom stereocenters. The molecule has 2 N–H and O–H groups in total. The molecule has 2 aromatic carbocycles. The zero-order valence-electron chi connectivity index (χ0n) is 18.1. The normalized spacial score (nSPS) is 18.4. The molecule has 1 heterocycles. The van der Waals surface area contributed by atoms with Gasteiger partial charge in [-0.25, -0.2) is 9.18 Å². The van der Waals surface area contributed by atoms with Gasteiger partial charge in [0.1, 0.15) is 11.6 Å². The number of nitrogens with zero attached hydrogens (tertiary/aromatic N) is 1. The van der Waals surface area contributed by atoms with Gasteiger partial charge in [0.2, 0.25) is 5.91 Å². The number of ether oxygens (including phenoxy) is 1. The molecule has 1 aliphatic heterocycles. The highest BCUT2D eigenvalue weighted by Gasteiger charge is 2.31. The lowest BCUT2D eigenvalue weighted by atomic mass is 9.81. The van der Waals surface area contributed by atoms with Gasteiger partial charge in [-0.2, -0.15) is 0 Å². The van der Waals surface area contributed by atoms with Gasteiger partial charge in [0.05, 0.1) is 7.11 Å². The molecule has 2 aromatic rings. The quantitative estimate of drug-likeness (QED) is 0.687. The Hall–Kier alpha value is -3.09. The monoisotopic (exact) mass is 427 g/mol. The third-order valence-corrected chi connectivity index (χ3v) is 5.87. The van der Waals surface area contributed by atoms with Gasteiger partial charge < -0.3 is 20.3 Å². The van der Waals surface area contributed by atoms with Crippen molar-refractivity contribution in [2.45, 2.75) is 32.7 Å². The third-order valence-electron chi connectivity index (χ3n) is 5.87. The van der Waals surface area contributed by atoms with Crippen LogP contribution in [0, 0.1) is 17.7 Å². The molecule has 2 atom stereocenters. The fourth-order valence-corrected chi connectivity index (χ4v) is 4.01. The van der Waals surface area contributed by atoms with Crippen LogP contribution in [0.2, 0.25) is 0 Å². The maximum atomic E-state index is 13.0. The Morgan fingerprint density at radius 1 is 1.16 bits per heavy atom. The summed E-state index contributed by atoms with van der Waals surface area (Å²) in [5.41, 5.74) is 1.56. The van der Waals surface area contributed by atoms with Crippen molar-refractivity contribution in [2.24, 2.45) is 11.8 Å². The number of halogens is 1. The fourth-order valence-electron chi connectivity index (χ4n) is 4.01. The molecule has 1 fully saturated rings. The van der Waals surface area contributed by atoms with E-state index in [0.717, 1.165) is 18.4 Å². The van der Waals surface area contributed by atoms with Crippen LogP contribution in [0.5, 0.6) is 5.75 Å².